The van der Waals surface area contributed by atoms with Crippen molar-refractivity contribution < 1.29 is 19.1 Å². The SMILES string of the molecule is O=C(O)/C(=C/c1ccccc1F)CC(=O)N1CCC2(CCCCC2)CC1. The molecule has 1 aliphatic heterocycles. The standard InChI is InChI=1S/C21H26FNO3/c22-18-7-3-2-6-16(18)14-17(20(25)26)15-19(24)23-12-10-21(11-13-23)8-4-1-5-9-21/h2-3,6-7,14H,1,4-5,8-13,15H2,(H,25,26)/b17-14+. The van der Waals surface area contributed by atoms with Gasteiger partial charge < -0.3 is 10.0 Å². The Balaban J connectivity index is 1.64. The molecular weight excluding hydrogens is 333 g/mol. The molecule has 2 aliphatic rings. The van der Waals surface area contributed by atoms with Crippen molar-refractivity contribution >= 4 is 18.0 Å². The van der Waals surface area contributed by atoms with E-state index >= 15 is 0 Å². The van der Waals surface area contributed by atoms with Gasteiger partial charge in [0.15, 0.2) is 0 Å². The minimum absolute atomic E-state index is 0.0712. The highest BCUT2D eigenvalue weighted by Gasteiger charge is 2.36. The first-order chi connectivity index (χ1) is 12.5. The summed E-state index contributed by atoms with van der Waals surface area (Å²) < 4.78 is 13.8. The first kappa shape index (κ1) is 18.6. The Morgan fingerprint density at radius 1 is 1.08 bits per heavy atom. The van der Waals surface area contributed by atoms with Crippen LogP contribution in [0.3, 0.4) is 0 Å². The fourth-order valence-corrected chi connectivity index (χ4v) is 4.28. The Morgan fingerprint density at radius 2 is 1.73 bits per heavy atom. The maximum Gasteiger partial charge on any atom is 0.332 e. The number of nitrogens with zero attached hydrogens (tertiary/aromatic N) is 1. The van der Waals surface area contributed by atoms with E-state index in [1.165, 1.54) is 50.3 Å². The summed E-state index contributed by atoms with van der Waals surface area (Å²) in [5.41, 5.74) is 0.517. The zero-order chi connectivity index (χ0) is 18.6. The predicted molar refractivity (Wildman–Crippen MR) is 98.0 cm³/mol. The molecule has 0 atom stereocenters. The van der Waals surface area contributed by atoms with Crippen LogP contribution in [0.1, 0.15) is 56.9 Å². The molecule has 0 unspecified atom stereocenters. The van der Waals surface area contributed by atoms with E-state index in [9.17, 15) is 19.1 Å². The molecule has 1 aliphatic carbocycles. The van der Waals surface area contributed by atoms with Crippen molar-refractivity contribution in [3.05, 3.63) is 41.2 Å². The van der Waals surface area contributed by atoms with Crippen LogP contribution >= 0.6 is 0 Å². The second-order valence-corrected chi connectivity index (χ2v) is 7.61. The number of hydrogen-bond donors (Lipinski definition) is 1. The number of hydrogen-bond acceptors (Lipinski definition) is 2. The summed E-state index contributed by atoms with van der Waals surface area (Å²) >= 11 is 0. The van der Waals surface area contributed by atoms with Gasteiger partial charge in [0, 0.05) is 24.2 Å². The fraction of sp³-hybridized carbons (Fsp3) is 0.524. The second-order valence-electron chi connectivity index (χ2n) is 7.61. The number of carbonyl (C=O) groups excluding carboxylic acids is 1. The smallest absolute Gasteiger partial charge is 0.332 e. The fourth-order valence-electron chi connectivity index (χ4n) is 4.28. The normalized spacial score (nSPS) is 20.2. The van der Waals surface area contributed by atoms with Gasteiger partial charge in [-0.15, -0.1) is 0 Å². The number of benzene rings is 1. The third-order valence-electron chi connectivity index (χ3n) is 5.94. The Bertz CT molecular complexity index is 697. The summed E-state index contributed by atoms with van der Waals surface area (Å²) in [5.74, 6) is -1.85. The topological polar surface area (TPSA) is 57.6 Å². The molecule has 26 heavy (non-hydrogen) atoms. The van der Waals surface area contributed by atoms with E-state index in [1.807, 2.05) is 0 Å². The number of carboxylic acid groups (broad SMARTS) is 1. The maximum absolute atomic E-state index is 13.8. The van der Waals surface area contributed by atoms with Crippen LogP contribution < -0.4 is 0 Å². The van der Waals surface area contributed by atoms with Crippen LogP contribution in [-0.2, 0) is 9.59 Å². The van der Waals surface area contributed by atoms with Gasteiger partial charge in [0.2, 0.25) is 5.91 Å². The van der Waals surface area contributed by atoms with Crippen LogP contribution in [-0.4, -0.2) is 35.0 Å². The van der Waals surface area contributed by atoms with Crippen LogP contribution in [0, 0.1) is 11.2 Å². The van der Waals surface area contributed by atoms with Crippen LogP contribution in [0.4, 0.5) is 4.39 Å². The molecule has 1 heterocycles. The minimum atomic E-state index is -1.18. The summed E-state index contributed by atoms with van der Waals surface area (Å²) in [6.45, 7) is 1.40. The number of aliphatic carboxylic acids is 1. The third kappa shape index (κ3) is 4.32. The molecule has 4 nitrogen and oxygen atoms in total. The molecule has 3 rings (SSSR count). The van der Waals surface area contributed by atoms with E-state index in [0.29, 0.717) is 18.5 Å². The molecule has 140 valence electrons. The van der Waals surface area contributed by atoms with Gasteiger partial charge in [0.1, 0.15) is 5.82 Å². The highest BCUT2D eigenvalue weighted by atomic mass is 19.1. The number of rotatable bonds is 4. The molecule has 0 radical (unpaired) electrons. The minimum Gasteiger partial charge on any atom is -0.478 e. The Labute approximate surface area is 153 Å². The molecule has 1 saturated carbocycles. The van der Waals surface area contributed by atoms with Crippen LogP contribution in [0.5, 0.6) is 0 Å². The predicted octanol–water partition coefficient (Wildman–Crippen LogP) is 4.26. The lowest BCUT2D eigenvalue weighted by Gasteiger charge is -2.44. The molecule has 2 fully saturated rings. The van der Waals surface area contributed by atoms with Crippen LogP contribution in [0.15, 0.2) is 29.8 Å². The summed E-state index contributed by atoms with van der Waals surface area (Å²) in [4.78, 5) is 25.9. The van der Waals surface area contributed by atoms with Gasteiger partial charge in [-0.05, 0) is 43.2 Å². The zero-order valence-electron chi connectivity index (χ0n) is 15.0. The molecule has 1 aromatic rings. The van der Waals surface area contributed by atoms with Gasteiger partial charge in [-0.1, -0.05) is 37.5 Å². The number of carbonyl (C=O) groups is 2. The Kier molecular flexibility index (Phi) is 5.74. The van der Waals surface area contributed by atoms with Crippen molar-refractivity contribution in [2.45, 2.75) is 51.4 Å². The van der Waals surface area contributed by atoms with Crippen molar-refractivity contribution in [3.8, 4) is 0 Å². The van der Waals surface area contributed by atoms with Crippen LogP contribution in [0.25, 0.3) is 6.08 Å². The lowest BCUT2D eigenvalue weighted by molar-refractivity contribution is -0.137. The van der Waals surface area contributed by atoms with E-state index < -0.39 is 11.8 Å². The number of likely N-dealkylation sites (tertiary alicyclic amines) is 1. The average molecular weight is 359 g/mol. The van der Waals surface area contributed by atoms with Crippen molar-refractivity contribution in [2.75, 3.05) is 13.1 Å². The molecule has 1 spiro atoms. The summed E-state index contributed by atoms with van der Waals surface area (Å²) in [6, 6.07) is 5.98. The van der Waals surface area contributed by atoms with Crippen molar-refractivity contribution in [2.24, 2.45) is 5.41 Å². The van der Waals surface area contributed by atoms with Gasteiger partial charge in [-0.25, -0.2) is 9.18 Å². The second kappa shape index (κ2) is 8.02. The van der Waals surface area contributed by atoms with E-state index in [1.54, 1.807) is 17.0 Å². The molecular formula is C21H26FNO3. The first-order valence-electron chi connectivity index (χ1n) is 9.45. The lowest BCUT2D eigenvalue weighted by atomic mass is 9.68. The zero-order valence-corrected chi connectivity index (χ0v) is 15.0. The Hall–Kier alpha value is -2.17. The summed E-state index contributed by atoms with van der Waals surface area (Å²) in [5, 5.41) is 9.41. The number of piperidine rings is 1. The quantitative estimate of drug-likeness (QED) is 0.818. The largest absolute Gasteiger partial charge is 0.478 e. The third-order valence-corrected chi connectivity index (χ3v) is 5.94. The Morgan fingerprint density at radius 3 is 2.35 bits per heavy atom. The monoisotopic (exact) mass is 359 g/mol. The van der Waals surface area contributed by atoms with Gasteiger partial charge >= 0.3 is 5.97 Å². The van der Waals surface area contributed by atoms with Crippen LogP contribution in [0.2, 0.25) is 0 Å². The number of carboxylic acids is 1. The molecule has 1 N–H and O–H groups in total. The molecule has 0 bridgehead atoms. The first-order valence-corrected chi connectivity index (χ1v) is 9.45. The summed E-state index contributed by atoms with van der Waals surface area (Å²) in [7, 11) is 0. The van der Waals surface area contributed by atoms with E-state index in [4.69, 9.17) is 0 Å². The van der Waals surface area contributed by atoms with Crippen molar-refractivity contribution in [3.63, 3.8) is 0 Å². The summed E-state index contributed by atoms with van der Waals surface area (Å²) in [6.07, 6.45) is 9.47. The number of halogens is 1. The van der Waals surface area contributed by atoms with E-state index in [2.05, 4.69) is 0 Å². The lowest BCUT2D eigenvalue weighted by Crippen LogP contribution is -2.44. The van der Waals surface area contributed by atoms with Gasteiger partial charge in [-0.2, -0.15) is 0 Å². The number of amides is 1. The highest BCUT2D eigenvalue weighted by Crippen LogP contribution is 2.44. The van der Waals surface area contributed by atoms with Crippen molar-refractivity contribution in [1.29, 1.82) is 0 Å². The van der Waals surface area contributed by atoms with Gasteiger partial charge in [0.25, 0.3) is 0 Å². The highest BCUT2D eigenvalue weighted by molar-refractivity contribution is 5.98. The molecule has 1 aromatic carbocycles. The van der Waals surface area contributed by atoms with Crippen molar-refractivity contribution in [1.82, 2.24) is 4.90 Å². The van der Waals surface area contributed by atoms with Gasteiger partial charge in [0.05, 0.1) is 6.42 Å². The molecule has 0 aromatic heterocycles. The average Bonchev–Trinajstić information content (AvgIpc) is 2.64. The van der Waals surface area contributed by atoms with Gasteiger partial charge in [-0.3, -0.25) is 4.79 Å². The molecule has 5 heteroatoms. The van der Waals surface area contributed by atoms with E-state index in [0.717, 1.165) is 12.8 Å². The maximum atomic E-state index is 13.8. The molecule has 1 amide bonds. The molecule has 1 saturated heterocycles. The van der Waals surface area contributed by atoms with E-state index in [-0.39, 0.29) is 23.5 Å².